The Hall–Kier alpha value is -3.17. The van der Waals surface area contributed by atoms with Gasteiger partial charge in [0.25, 0.3) is 5.91 Å². The van der Waals surface area contributed by atoms with E-state index in [4.69, 9.17) is 14.2 Å². The summed E-state index contributed by atoms with van der Waals surface area (Å²) in [6, 6.07) is 8.85. The van der Waals surface area contributed by atoms with Gasteiger partial charge in [-0.3, -0.25) is 9.59 Å². The third kappa shape index (κ3) is 5.66. The number of carbonyl (C=O) groups excluding carboxylic acids is 2. The predicted molar refractivity (Wildman–Crippen MR) is 127 cm³/mol. The normalized spacial score (nSPS) is 18.9. The molecular weight excluding hydrogens is 438 g/mol. The van der Waals surface area contributed by atoms with Crippen molar-refractivity contribution in [3.63, 3.8) is 0 Å². The lowest BCUT2D eigenvalue weighted by atomic mass is 9.99. The molecular formula is C25H33N3O6. The molecule has 1 aromatic heterocycles. The molecule has 9 nitrogen and oxygen atoms in total. The van der Waals surface area contributed by atoms with Crippen molar-refractivity contribution in [1.29, 1.82) is 0 Å². The molecule has 184 valence electrons. The molecule has 0 bridgehead atoms. The summed E-state index contributed by atoms with van der Waals surface area (Å²) < 4.78 is 16.5. The van der Waals surface area contributed by atoms with Crippen LogP contribution >= 0.6 is 0 Å². The van der Waals surface area contributed by atoms with Gasteiger partial charge in [-0.05, 0) is 30.7 Å². The highest BCUT2D eigenvalue weighted by Crippen LogP contribution is 2.31. The van der Waals surface area contributed by atoms with Gasteiger partial charge in [0.2, 0.25) is 11.8 Å². The molecule has 1 aliphatic rings. The average molecular weight is 472 g/mol. The number of aromatic nitrogens is 1. The summed E-state index contributed by atoms with van der Waals surface area (Å²) in [4.78, 5) is 33.5. The van der Waals surface area contributed by atoms with Crippen LogP contribution in [0.4, 0.5) is 0 Å². The van der Waals surface area contributed by atoms with Gasteiger partial charge in [0, 0.05) is 38.4 Å². The van der Waals surface area contributed by atoms with Crippen molar-refractivity contribution in [2.45, 2.75) is 26.0 Å². The Morgan fingerprint density at radius 2 is 2.09 bits per heavy atom. The number of hydrogen-bond acceptors (Lipinski definition) is 7. The van der Waals surface area contributed by atoms with Crippen LogP contribution in [0.5, 0.6) is 11.6 Å². The first-order chi connectivity index (χ1) is 16.3. The second-order valence-electron chi connectivity index (χ2n) is 8.64. The summed E-state index contributed by atoms with van der Waals surface area (Å²) in [6.45, 7) is 4.23. The summed E-state index contributed by atoms with van der Waals surface area (Å²) in [5.41, 5.74) is 1.90. The van der Waals surface area contributed by atoms with E-state index in [1.807, 2.05) is 31.2 Å². The number of benzene rings is 1. The van der Waals surface area contributed by atoms with Gasteiger partial charge in [0.15, 0.2) is 0 Å². The van der Waals surface area contributed by atoms with E-state index in [9.17, 15) is 14.7 Å². The molecule has 1 N–H and O–H groups in total. The van der Waals surface area contributed by atoms with Crippen LogP contribution in [0.1, 0.15) is 24.2 Å². The Bertz CT molecular complexity index is 1010. The van der Waals surface area contributed by atoms with E-state index in [1.165, 1.54) is 7.11 Å². The number of aliphatic hydroxyl groups excluding tert-OH is 1. The maximum atomic E-state index is 13.6. The Morgan fingerprint density at radius 3 is 2.76 bits per heavy atom. The second kappa shape index (κ2) is 11.3. The van der Waals surface area contributed by atoms with Crippen LogP contribution in [0.3, 0.4) is 0 Å². The molecule has 0 spiro atoms. The quantitative estimate of drug-likeness (QED) is 0.629. The molecule has 2 aromatic rings. The molecule has 0 aliphatic carbocycles. The molecule has 0 radical (unpaired) electrons. The van der Waals surface area contributed by atoms with E-state index in [2.05, 4.69) is 4.98 Å². The monoisotopic (exact) mass is 471 g/mol. The topological polar surface area (TPSA) is 101 Å². The van der Waals surface area contributed by atoms with Crippen molar-refractivity contribution < 1.29 is 28.9 Å². The van der Waals surface area contributed by atoms with Crippen molar-refractivity contribution in [3.05, 3.63) is 42.1 Å². The van der Waals surface area contributed by atoms with Gasteiger partial charge in [0.1, 0.15) is 24.0 Å². The SMILES string of the molecule is COCC(=O)N(C)C[C@@H]1Oc2ncc(-c3cccc(OC)c3)cc2C(=O)N([C@@H](C)CO)C[C@@H]1C. The van der Waals surface area contributed by atoms with Gasteiger partial charge in [0.05, 0.1) is 26.3 Å². The van der Waals surface area contributed by atoms with E-state index in [1.54, 1.807) is 43.1 Å². The van der Waals surface area contributed by atoms with Crippen LogP contribution in [0.15, 0.2) is 36.5 Å². The highest BCUT2D eigenvalue weighted by Gasteiger charge is 2.34. The zero-order valence-electron chi connectivity index (χ0n) is 20.4. The molecule has 2 heterocycles. The van der Waals surface area contributed by atoms with Crippen molar-refractivity contribution >= 4 is 11.8 Å². The third-order valence-electron chi connectivity index (χ3n) is 6.07. The minimum atomic E-state index is -0.416. The molecule has 1 aromatic carbocycles. The fourth-order valence-electron chi connectivity index (χ4n) is 3.89. The van der Waals surface area contributed by atoms with Gasteiger partial charge in [-0.15, -0.1) is 0 Å². The highest BCUT2D eigenvalue weighted by molar-refractivity contribution is 5.98. The van der Waals surface area contributed by atoms with Crippen LogP contribution in [0, 0.1) is 5.92 Å². The molecule has 0 unspecified atom stereocenters. The number of methoxy groups -OCH3 is 2. The fourth-order valence-corrected chi connectivity index (χ4v) is 3.89. The van der Waals surface area contributed by atoms with Crippen molar-refractivity contribution in [2.24, 2.45) is 5.92 Å². The zero-order valence-corrected chi connectivity index (χ0v) is 20.4. The van der Waals surface area contributed by atoms with E-state index in [0.29, 0.717) is 24.4 Å². The molecule has 0 fully saturated rings. The van der Waals surface area contributed by atoms with E-state index >= 15 is 0 Å². The van der Waals surface area contributed by atoms with Gasteiger partial charge in [-0.1, -0.05) is 19.1 Å². The largest absolute Gasteiger partial charge is 0.497 e. The molecule has 1 aliphatic heterocycles. The molecule has 0 saturated heterocycles. The standard InChI is InChI=1S/C25H33N3O6/c1-16-12-28(17(2)14-29)25(31)21-10-19(18-7-6-8-20(9-18)33-5)11-26-24(21)34-22(16)13-27(3)23(30)15-32-4/h6-11,16-17,22,29H,12-15H2,1-5H3/t16-,17-,22-/m0/s1. The number of hydrogen-bond donors (Lipinski definition) is 1. The predicted octanol–water partition coefficient (Wildman–Crippen LogP) is 2.08. The highest BCUT2D eigenvalue weighted by atomic mass is 16.5. The number of pyridine rings is 1. The Balaban J connectivity index is 2.01. The minimum Gasteiger partial charge on any atom is -0.497 e. The van der Waals surface area contributed by atoms with Crippen molar-refractivity contribution in [3.8, 4) is 22.8 Å². The summed E-state index contributed by atoms with van der Waals surface area (Å²) >= 11 is 0. The summed E-state index contributed by atoms with van der Waals surface area (Å²) in [6.07, 6.45) is 1.24. The average Bonchev–Trinajstić information content (AvgIpc) is 2.85. The lowest BCUT2D eigenvalue weighted by molar-refractivity contribution is -0.135. The molecule has 3 rings (SSSR count). The number of likely N-dealkylation sites (N-methyl/N-ethyl adjacent to an activating group) is 1. The van der Waals surface area contributed by atoms with Gasteiger partial charge >= 0.3 is 0 Å². The Morgan fingerprint density at radius 1 is 1.32 bits per heavy atom. The van der Waals surface area contributed by atoms with Crippen LogP contribution < -0.4 is 9.47 Å². The zero-order chi connectivity index (χ0) is 24.8. The van der Waals surface area contributed by atoms with Gasteiger partial charge in [-0.2, -0.15) is 0 Å². The lowest BCUT2D eigenvalue weighted by Gasteiger charge is -2.37. The Labute approximate surface area is 200 Å². The number of fused-ring (bicyclic) bond motifs is 1. The van der Waals surface area contributed by atoms with Crippen LogP contribution in [-0.4, -0.2) is 91.4 Å². The maximum absolute atomic E-state index is 13.6. The first-order valence-electron chi connectivity index (χ1n) is 11.2. The smallest absolute Gasteiger partial charge is 0.259 e. The van der Waals surface area contributed by atoms with Crippen molar-refractivity contribution in [2.75, 3.05) is 47.6 Å². The maximum Gasteiger partial charge on any atom is 0.259 e. The molecule has 3 atom stereocenters. The van der Waals surface area contributed by atoms with Crippen LogP contribution in [0.2, 0.25) is 0 Å². The van der Waals surface area contributed by atoms with Crippen molar-refractivity contribution in [1.82, 2.24) is 14.8 Å². The summed E-state index contributed by atoms with van der Waals surface area (Å²) in [5, 5.41) is 9.81. The number of nitrogens with zero attached hydrogens (tertiary/aromatic N) is 3. The molecule has 2 amide bonds. The second-order valence-corrected chi connectivity index (χ2v) is 8.64. The van der Waals surface area contributed by atoms with E-state index in [-0.39, 0.29) is 36.8 Å². The van der Waals surface area contributed by atoms with E-state index < -0.39 is 12.1 Å². The first-order valence-corrected chi connectivity index (χ1v) is 11.2. The number of aliphatic hydroxyl groups is 1. The number of amides is 2. The van der Waals surface area contributed by atoms with Crippen LogP contribution in [-0.2, 0) is 9.53 Å². The number of rotatable bonds is 8. The summed E-state index contributed by atoms with van der Waals surface area (Å²) in [5.74, 6) is 0.348. The third-order valence-corrected chi connectivity index (χ3v) is 6.07. The molecule has 9 heteroatoms. The van der Waals surface area contributed by atoms with Crippen LogP contribution in [0.25, 0.3) is 11.1 Å². The molecule has 0 saturated carbocycles. The Kier molecular flexibility index (Phi) is 8.46. The lowest BCUT2D eigenvalue weighted by Crippen LogP contribution is -2.50. The first kappa shape index (κ1) is 25.5. The number of carbonyl (C=O) groups is 2. The molecule has 34 heavy (non-hydrogen) atoms. The summed E-state index contributed by atoms with van der Waals surface area (Å²) in [7, 11) is 4.76. The fraction of sp³-hybridized carbons (Fsp3) is 0.480. The van der Waals surface area contributed by atoms with E-state index in [0.717, 1.165) is 11.1 Å². The van der Waals surface area contributed by atoms with Gasteiger partial charge < -0.3 is 29.1 Å². The number of ether oxygens (including phenoxy) is 3. The van der Waals surface area contributed by atoms with Gasteiger partial charge in [-0.25, -0.2) is 4.98 Å². The minimum absolute atomic E-state index is 0.0253.